The molecule has 108 valence electrons. The first-order valence-corrected chi connectivity index (χ1v) is 7.22. The van der Waals surface area contributed by atoms with Crippen molar-refractivity contribution in [2.75, 3.05) is 0 Å². The Morgan fingerprint density at radius 2 is 2.20 bits per heavy atom. The quantitative estimate of drug-likeness (QED) is 0.883. The Morgan fingerprint density at radius 1 is 1.50 bits per heavy atom. The molecule has 0 aliphatic rings. The zero-order chi connectivity index (χ0) is 14.9. The molecule has 0 bridgehead atoms. The van der Waals surface area contributed by atoms with Crippen molar-refractivity contribution in [2.24, 2.45) is 5.92 Å². The predicted octanol–water partition coefficient (Wildman–Crippen LogP) is 1.93. The molecule has 0 saturated carbocycles. The second-order valence-corrected chi connectivity index (χ2v) is 6.05. The molecule has 2 unspecified atom stereocenters. The zero-order valence-electron chi connectivity index (χ0n) is 11.6. The molecule has 7 heteroatoms. The monoisotopic (exact) mass is 295 g/mol. The fraction of sp³-hybridized carbons (Fsp3) is 0.462. The standard InChI is InChI=1S/C13H17N3O3S/c1-4-7(2)10(12(18)19)15-11(17)9-6-16-5-8(3)20-13(16)14-9/h5-7,10H,4H2,1-3H3,(H,15,17)(H,18,19). The van der Waals surface area contributed by atoms with Crippen LogP contribution in [-0.2, 0) is 4.79 Å². The van der Waals surface area contributed by atoms with Crippen molar-refractivity contribution in [2.45, 2.75) is 33.2 Å². The van der Waals surface area contributed by atoms with Crippen molar-refractivity contribution in [1.82, 2.24) is 14.7 Å². The summed E-state index contributed by atoms with van der Waals surface area (Å²) in [6.45, 7) is 5.65. The highest BCUT2D eigenvalue weighted by atomic mass is 32.1. The van der Waals surface area contributed by atoms with Crippen LogP contribution in [0.3, 0.4) is 0 Å². The SMILES string of the molecule is CCC(C)C(NC(=O)c1cn2cc(C)sc2n1)C(=O)O. The molecule has 2 N–H and O–H groups in total. The van der Waals surface area contributed by atoms with Crippen molar-refractivity contribution in [3.63, 3.8) is 0 Å². The summed E-state index contributed by atoms with van der Waals surface area (Å²) in [7, 11) is 0. The van der Waals surface area contributed by atoms with E-state index in [2.05, 4.69) is 10.3 Å². The summed E-state index contributed by atoms with van der Waals surface area (Å²) in [5.41, 5.74) is 0.241. The maximum Gasteiger partial charge on any atom is 0.326 e. The van der Waals surface area contributed by atoms with Crippen LogP contribution in [0.15, 0.2) is 12.4 Å². The van der Waals surface area contributed by atoms with Gasteiger partial charge in [-0.25, -0.2) is 9.78 Å². The smallest absolute Gasteiger partial charge is 0.326 e. The van der Waals surface area contributed by atoms with Gasteiger partial charge in [0.25, 0.3) is 5.91 Å². The van der Waals surface area contributed by atoms with Crippen LogP contribution in [0, 0.1) is 12.8 Å². The Balaban J connectivity index is 2.17. The molecular formula is C13H17N3O3S. The van der Waals surface area contributed by atoms with E-state index in [4.69, 9.17) is 5.11 Å². The third-order valence-corrected chi connectivity index (χ3v) is 4.18. The number of rotatable bonds is 5. The number of carboxylic acid groups (broad SMARTS) is 1. The minimum Gasteiger partial charge on any atom is -0.480 e. The first-order valence-electron chi connectivity index (χ1n) is 6.41. The first-order chi connectivity index (χ1) is 9.42. The van der Waals surface area contributed by atoms with Gasteiger partial charge in [-0.1, -0.05) is 20.3 Å². The van der Waals surface area contributed by atoms with Crippen LogP contribution in [0.25, 0.3) is 4.96 Å². The van der Waals surface area contributed by atoms with E-state index in [1.807, 2.05) is 20.0 Å². The number of carboxylic acids is 1. The van der Waals surface area contributed by atoms with E-state index in [1.54, 1.807) is 17.5 Å². The number of hydrogen-bond acceptors (Lipinski definition) is 4. The fourth-order valence-electron chi connectivity index (χ4n) is 1.92. The van der Waals surface area contributed by atoms with E-state index in [-0.39, 0.29) is 11.6 Å². The Kier molecular flexibility index (Phi) is 4.08. The third kappa shape index (κ3) is 2.82. The molecule has 2 aromatic heterocycles. The molecule has 0 fully saturated rings. The Morgan fingerprint density at radius 3 is 2.75 bits per heavy atom. The van der Waals surface area contributed by atoms with E-state index in [9.17, 15) is 9.59 Å². The summed E-state index contributed by atoms with van der Waals surface area (Å²) >= 11 is 1.48. The Labute approximate surface area is 120 Å². The molecule has 0 radical (unpaired) electrons. The van der Waals surface area contributed by atoms with Gasteiger partial charge >= 0.3 is 5.97 Å². The third-order valence-electron chi connectivity index (χ3n) is 3.27. The van der Waals surface area contributed by atoms with E-state index < -0.39 is 17.9 Å². The minimum atomic E-state index is -1.02. The lowest BCUT2D eigenvalue weighted by Crippen LogP contribution is -2.45. The van der Waals surface area contributed by atoms with Gasteiger partial charge in [0.1, 0.15) is 11.7 Å². The lowest BCUT2D eigenvalue weighted by Gasteiger charge is -2.19. The van der Waals surface area contributed by atoms with Gasteiger partial charge < -0.3 is 10.4 Å². The van der Waals surface area contributed by atoms with Crippen molar-refractivity contribution < 1.29 is 14.7 Å². The summed E-state index contributed by atoms with van der Waals surface area (Å²) in [5, 5.41) is 11.7. The molecule has 2 heterocycles. The number of aryl methyl sites for hydroxylation is 1. The van der Waals surface area contributed by atoms with Crippen LogP contribution in [0.5, 0.6) is 0 Å². The van der Waals surface area contributed by atoms with Gasteiger partial charge in [0.05, 0.1) is 0 Å². The summed E-state index contributed by atoms with van der Waals surface area (Å²) in [6, 6.07) is -0.894. The molecular weight excluding hydrogens is 278 g/mol. The van der Waals surface area contributed by atoms with E-state index >= 15 is 0 Å². The van der Waals surface area contributed by atoms with Crippen LogP contribution in [0.1, 0.15) is 35.6 Å². The van der Waals surface area contributed by atoms with Gasteiger partial charge in [0.2, 0.25) is 0 Å². The van der Waals surface area contributed by atoms with E-state index in [0.717, 1.165) is 9.84 Å². The number of fused-ring (bicyclic) bond motifs is 1. The summed E-state index contributed by atoms with van der Waals surface area (Å²) in [4.78, 5) is 29.3. The number of aliphatic carboxylic acids is 1. The van der Waals surface area contributed by atoms with Gasteiger partial charge in [-0.2, -0.15) is 0 Å². The molecule has 0 aliphatic heterocycles. The number of thiazole rings is 1. The predicted molar refractivity (Wildman–Crippen MR) is 76.2 cm³/mol. The zero-order valence-corrected chi connectivity index (χ0v) is 12.4. The summed E-state index contributed by atoms with van der Waals surface area (Å²) < 4.78 is 1.77. The Bertz CT molecular complexity index is 615. The molecule has 2 aromatic rings. The number of nitrogens with zero attached hydrogens (tertiary/aromatic N) is 2. The fourth-order valence-corrected chi connectivity index (χ4v) is 2.73. The van der Waals surface area contributed by atoms with Crippen LogP contribution in [0.4, 0.5) is 0 Å². The van der Waals surface area contributed by atoms with Crippen LogP contribution < -0.4 is 5.32 Å². The molecule has 2 rings (SSSR count). The maximum atomic E-state index is 12.1. The van der Waals surface area contributed by atoms with Crippen molar-refractivity contribution in [3.8, 4) is 0 Å². The van der Waals surface area contributed by atoms with Crippen LogP contribution >= 0.6 is 11.3 Å². The molecule has 2 atom stereocenters. The average molecular weight is 295 g/mol. The topological polar surface area (TPSA) is 83.7 Å². The van der Waals surface area contributed by atoms with Gasteiger partial charge in [0.15, 0.2) is 4.96 Å². The lowest BCUT2D eigenvalue weighted by atomic mass is 9.99. The molecule has 6 nitrogen and oxygen atoms in total. The average Bonchev–Trinajstić information content (AvgIpc) is 2.91. The largest absolute Gasteiger partial charge is 0.480 e. The second-order valence-electron chi connectivity index (χ2n) is 4.83. The molecule has 20 heavy (non-hydrogen) atoms. The van der Waals surface area contributed by atoms with Gasteiger partial charge in [-0.05, 0) is 12.8 Å². The van der Waals surface area contributed by atoms with E-state index in [1.165, 1.54) is 11.3 Å². The molecule has 0 aliphatic carbocycles. The number of carbonyl (C=O) groups is 2. The number of amides is 1. The minimum absolute atomic E-state index is 0.137. The van der Waals surface area contributed by atoms with E-state index in [0.29, 0.717) is 6.42 Å². The number of imidazole rings is 1. The van der Waals surface area contributed by atoms with Crippen molar-refractivity contribution in [1.29, 1.82) is 0 Å². The maximum absolute atomic E-state index is 12.1. The Hall–Kier alpha value is -1.89. The van der Waals surface area contributed by atoms with Crippen molar-refractivity contribution >= 4 is 28.2 Å². The highest BCUT2D eigenvalue weighted by molar-refractivity contribution is 7.17. The van der Waals surface area contributed by atoms with Gasteiger partial charge in [-0.15, -0.1) is 11.3 Å². The van der Waals surface area contributed by atoms with Crippen LogP contribution in [0.2, 0.25) is 0 Å². The summed E-state index contributed by atoms with van der Waals surface area (Å²) in [6.07, 6.45) is 4.17. The van der Waals surface area contributed by atoms with Gasteiger partial charge in [0, 0.05) is 17.3 Å². The molecule has 0 spiro atoms. The highest BCUT2D eigenvalue weighted by Crippen LogP contribution is 2.17. The second kappa shape index (κ2) is 5.62. The number of nitrogens with one attached hydrogen (secondary N) is 1. The highest BCUT2D eigenvalue weighted by Gasteiger charge is 2.26. The number of hydrogen-bond donors (Lipinski definition) is 2. The number of carbonyl (C=O) groups excluding carboxylic acids is 1. The number of aromatic nitrogens is 2. The van der Waals surface area contributed by atoms with Gasteiger partial charge in [-0.3, -0.25) is 9.20 Å². The first kappa shape index (κ1) is 14.5. The van der Waals surface area contributed by atoms with Crippen LogP contribution in [-0.4, -0.2) is 32.4 Å². The molecule has 0 saturated heterocycles. The summed E-state index contributed by atoms with van der Waals surface area (Å²) in [5.74, 6) is -1.61. The van der Waals surface area contributed by atoms with Crippen molar-refractivity contribution in [3.05, 3.63) is 23.0 Å². The lowest BCUT2D eigenvalue weighted by molar-refractivity contribution is -0.140. The molecule has 0 aromatic carbocycles. The normalized spacial score (nSPS) is 14.2. The molecule has 1 amide bonds.